The highest BCUT2D eigenvalue weighted by molar-refractivity contribution is 6.10. The van der Waals surface area contributed by atoms with E-state index in [-0.39, 0.29) is 16.8 Å². The maximum absolute atomic E-state index is 13.4. The molecule has 2 aromatic heterocycles. The Bertz CT molecular complexity index is 1490. The van der Waals surface area contributed by atoms with Crippen LogP contribution in [0.5, 0.6) is 0 Å². The van der Waals surface area contributed by atoms with Gasteiger partial charge in [0.05, 0.1) is 22.2 Å². The smallest absolute Gasteiger partial charge is 0.309 e. The molecular formula is C26H14F6N2O. The molecule has 2 heterocycles. The molecule has 0 N–H and O–H groups in total. The van der Waals surface area contributed by atoms with Gasteiger partial charge in [0.2, 0.25) is 0 Å². The summed E-state index contributed by atoms with van der Waals surface area (Å²) in [4.78, 5) is 16.6. The minimum absolute atomic E-state index is 0.0994. The van der Waals surface area contributed by atoms with Gasteiger partial charge in [0.15, 0.2) is 5.78 Å². The van der Waals surface area contributed by atoms with Crippen molar-refractivity contribution in [3.63, 3.8) is 0 Å². The van der Waals surface area contributed by atoms with Gasteiger partial charge in [-0.1, -0.05) is 12.1 Å². The number of nitrogens with zero attached hydrogens (tertiary/aromatic N) is 2. The molecule has 0 aliphatic rings. The van der Waals surface area contributed by atoms with Crippen LogP contribution in [0.4, 0.5) is 26.3 Å². The maximum Gasteiger partial charge on any atom is 0.416 e. The molecule has 176 valence electrons. The highest BCUT2D eigenvalue weighted by Gasteiger charge is 2.33. The van der Waals surface area contributed by atoms with E-state index in [0.29, 0.717) is 27.6 Å². The lowest BCUT2D eigenvalue weighted by atomic mass is 10.0. The fourth-order valence-electron chi connectivity index (χ4n) is 4.08. The van der Waals surface area contributed by atoms with E-state index in [1.165, 1.54) is 53.4 Å². The SMILES string of the molecule is O=C(c1ccncc1)c1ccc(-n2c3cc(C(F)(F)F)ccc3c3ccc(C(F)(F)F)cc32)cc1. The lowest BCUT2D eigenvalue weighted by Gasteiger charge is -2.12. The van der Waals surface area contributed by atoms with Gasteiger partial charge in [-0.15, -0.1) is 0 Å². The van der Waals surface area contributed by atoms with Crippen LogP contribution in [0.3, 0.4) is 0 Å². The third-order valence-corrected chi connectivity index (χ3v) is 5.75. The quantitative estimate of drug-likeness (QED) is 0.197. The molecule has 0 bridgehead atoms. The van der Waals surface area contributed by atoms with Crippen molar-refractivity contribution in [2.45, 2.75) is 12.4 Å². The molecule has 0 saturated heterocycles. The standard InChI is InChI=1S/C26H14F6N2O/c27-25(28,29)17-3-7-20-21-8-4-18(26(30,31)32)14-23(21)34(22(20)13-17)19-5-1-15(2-6-19)24(35)16-9-11-33-12-10-16/h1-14H. The van der Waals surface area contributed by atoms with Crippen LogP contribution in [0.2, 0.25) is 0 Å². The summed E-state index contributed by atoms with van der Waals surface area (Å²) < 4.78 is 81.9. The summed E-state index contributed by atoms with van der Waals surface area (Å²) in [6.45, 7) is 0. The minimum atomic E-state index is -4.63. The van der Waals surface area contributed by atoms with E-state index in [1.54, 1.807) is 12.1 Å². The summed E-state index contributed by atoms with van der Waals surface area (Å²) in [7, 11) is 0. The van der Waals surface area contributed by atoms with E-state index in [2.05, 4.69) is 4.98 Å². The number of fused-ring (bicyclic) bond motifs is 3. The van der Waals surface area contributed by atoms with Crippen LogP contribution in [0.25, 0.3) is 27.5 Å². The molecule has 3 aromatic carbocycles. The second-order valence-corrected chi connectivity index (χ2v) is 7.91. The minimum Gasteiger partial charge on any atom is -0.309 e. The number of ketones is 1. The van der Waals surface area contributed by atoms with Crippen molar-refractivity contribution in [1.82, 2.24) is 9.55 Å². The Balaban J connectivity index is 1.73. The second-order valence-electron chi connectivity index (χ2n) is 7.91. The van der Waals surface area contributed by atoms with Crippen LogP contribution >= 0.6 is 0 Å². The van der Waals surface area contributed by atoms with Gasteiger partial charge in [-0.2, -0.15) is 26.3 Å². The Morgan fingerprint density at radius 3 is 1.54 bits per heavy atom. The zero-order valence-electron chi connectivity index (χ0n) is 17.7. The molecule has 5 rings (SSSR count). The Morgan fingerprint density at radius 1 is 0.629 bits per heavy atom. The average molecular weight is 484 g/mol. The van der Waals surface area contributed by atoms with Crippen LogP contribution in [-0.2, 0) is 12.4 Å². The predicted molar refractivity (Wildman–Crippen MR) is 118 cm³/mol. The van der Waals surface area contributed by atoms with Crippen LogP contribution < -0.4 is 0 Å². The number of aromatic nitrogens is 2. The molecule has 3 nitrogen and oxygen atoms in total. The highest BCUT2D eigenvalue weighted by Crippen LogP contribution is 2.39. The zero-order chi connectivity index (χ0) is 25.0. The van der Waals surface area contributed by atoms with Crippen molar-refractivity contribution in [2.75, 3.05) is 0 Å². The summed E-state index contributed by atoms with van der Waals surface area (Å²) in [5, 5.41) is 0.748. The Kier molecular flexibility index (Phi) is 5.16. The number of benzene rings is 3. The van der Waals surface area contributed by atoms with Gasteiger partial charge in [-0.05, 0) is 60.7 Å². The third-order valence-electron chi connectivity index (χ3n) is 5.75. The summed E-state index contributed by atoms with van der Waals surface area (Å²) in [5.74, 6) is -0.292. The Labute approximate surface area is 194 Å². The molecule has 0 amide bonds. The Hall–Kier alpha value is -4.14. The number of carbonyl (C=O) groups excluding carboxylic acids is 1. The highest BCUT2D eigenvalue weighted by atomic mass is 19.4. The van der Waals surface area contributed by atoms with Crippen LogP contribution in [-0.4, -0.2) is 15.3 Å². The molecule has 9 heteroatoms. The maximum atomic E-state index is 13.4. The molecular weight excluding hydrogens is 470 g/mol. The number of rotatable bonds is 3. The first-order chi connectivity index (χ1) is 16.5. The molecule has 0 spiro atoms. The molecule has 0 unspecified atom stereocenters. The van der Waals surface area contributed by atoms with E-state index < -0.39 is 23.5 Å². The van der Waals surface area contributed by atoms with Crippen LogP contribution in [0.1, 0.15) is 27.0 Å². The zero-order valence-corrected chi connectivity index (χ0v) is 17.7. The van der Waals surface area contributed by atoms with Crippen molar-refractivity contribution in [3.05, 3.63) is 107 Å². The fraction of sp³-hybridized carbons (Fsp3) is 0.0769. The predicted octanol–water partition coefficient (Wildman–Crippen LogP) is 7.45. The van der Waals surface area contributed by atoms with E-state index in [9.17, 15) is 31.1 Å². The summed E-state index contributed by atoms with van der Waals surface area (Å²) in [6, 6.07) is 15.2. The van der Waals surface area contributed by atoms with E-state index >= 15 is 0 Å². The van der Waals surface area contributed by atoms with Crippen molar-refractivity contribution < 1.29 is 31.1 Å². The number of hydrogen-bond acceptors (Lipinski definition) is 2. The van der Waals surface area contributed by atoms with Crippen molar-refractivity contribution in [1.29, 1.82) is 0 Å². The van der Waals surface area contributed by atoms with E-state index in [0.717, 1.165) is 24.3 Å². The summed E-state index contributed by atoms with van der Waals surface area (Å²) in [5.41, 5.74) is -0.620. The number of hydrogen-bond donors (Lipinski definition) is 0. The Morgan fingerprint density at radius 2 is 1.09 bits per heavy atom. The van der Waals surface area contributed by atoms with E-state index in [4.69, 9.17) is 0 Å². The molecule has 35 heavy (non-hydrogen) atoms. The van der Waals surface area contributed by atoms with Crippen molar-refractivity contribution >= 4 is 27.6 Å². The normalized spacial score (nSPS) is 12.4. The number of halogens is 6. The average Bonchev–Trinajstić information content (AvgIpc) is 3.16. The van der Waals surface area contributed by atoms with Crippen LogP contribution in [0.15, 0.2) is 85.2 Å². The number of alkyl halides is 6. The van der Waals surface area contributed by atoms with Crippen molar-refractivity contribution in [2.24, 2.45) is 0 Å². The molecule has 0 fully saturated rings. The molecule has 0 atom stereocenters. The van der Waals surface area contributed by atoms with E-state index in [1.807, 2.05) is 0 Å². The molecule has 5 aromatic rings. The topological polar surface area (TPSA) is 34.9 Å². The van der Waals surface area contributed by atoms with Gasteiger partial charge in [0.25, 0.3) is 0 Å². The first-order valence-corrected chi connectivity index (χ1v) is 10.3. The lowest BCUT2D eigenvalue weighted by Crippen LogP contribution is -2.06. The summed E-state index contributed by atoms with van der Waals surface area (Å²) >= 11 is 0. The number of carbonyl (C=O) groups is 1. The van der Waals surface area contributed by atoms with Gasteiger partial charge >= 0.3 is 12.4 Å². The molecule has 0 aliphatic heterocycles. The fourth-order valence-corrected chi connectivity index (χ4v) is 4.08. The van der Waals surface area contributed by atoms with Gasteiger partial charge in [-0.3, -0.25) is 9.78 Å². The first kappa shape index (κ1) is 22.6. The van der Waals surface area contributed by atoms with Crippen LogP contribution in [0, 0.1) is 0 Å². The molecule has 0 aliphatic carbocycles. The van der Waals surface area contributed by atoms with Gasteiger partial charge in [-0.25, -0.2) is 0 Å². The number of pyridine rings is 1. The van der Waals surface area contributed by atoms with Gasteiger partial charge in [0, 0.05) is 40.0 Å². The summed E-state index contributed by atoms with van der Waals surface area (Å²) in [6.07, 6.45) is -6.33. The monoisotopic (exact) mass is 484 g/mol. The first-order valence-electron chi connectivity index (χ1n) is 10.3. The second kappa shape index (κ2) is 7.97. The van der Waals surface area contributed by atoms with Gasteiger partial charge in [0.1, 0.15) is 0 Å². The van der Waals surface area contributed by atoms with Gasteiger partial charge < -0.3 is 4.57 Å². The molecule has 0 radical (unpaired) electrons. The third kappa shape index (κ3) is 4.03. The largest absolute Gasteiger partial charge is 0.416 e. The molecule has 0 saturated carbocycles. The lowest BCUT2D eigenvalue weighted by molar-refractivity contribution is -0.138. The van der Waals surface area contributed by atoms with Crippen molar-refractivity contribution in [3.8, 4) is 5.69 Å².